The van der Waals surface area contributed by atoms with E-state index in [9.17, 15) is 9.18 Å². The third kappa shape index (κ3) is 6.40. The van der Waals surface area contributed by atoms with Crippen molar-refractivity contribution in [3.63, 3.8) is 0 Å². The minimum atomic E-state index is -0.350. The first-order valence-electron chi connectivity index (χ1n) is 12.1. The van der Waals surface area contributed by atoms with E-state index in [0.29, 0.717) is 19.0 Å². The molecule has 1 fully saturated rings. The Kier molecular flexibility index (Phi) is 8.37. The fourth-order valence-corrected chi connectivity index (χ4v) is 4.92. The fourth-order valence-electron chi connectivity index (χ4n) is 4.92. The van der Waals surface area contributed by atoms with Crippen molar-refractivity contribution in [1.82, 2.24) is 9.80 Å². The van der Waals surface area contributed by atoms with Gasteiger partial charge in [-0.25, -0.2) is 9.18 Å². The normalized spacial score (nSPS) is 14.5. The van der Waals surface area contributed by atoms with Gasteiger partial charge in [-0.15, -0.1) is 0 Å². The van der Waals surface area contributed by atoms with Crippen LogP contribution in [-0.2, 0) is 24.4 Å². The third-order valence-corrected chi connectivity index (χ3v) is 6.70. The number of piperidine rings is 1. The number of ether oxygens (including phenoxy) is 2. The van der Waals surface area contributed by atoms with Crippen molar-refractivity contribution < 1.29 is 18.7 Å². The molecule has 0 radical (unpaired) electrons. The summed E-state index contributed by atoms with van der Waals surface area (Å²) in [6.45, 7) is 3.64. The number of nitrogens with zero attached hydrogens (tertiary/aromatic N) is 2. The molecular weight excluding hydrogens is 443 g/mol. The van der Waals surface area contributed by atoms with Gasteiger partial charge in [-0.2, -0.15) is 0 Å². The molecule has 0 atom stereocenters. The van der Waals surface area contributed by atoms with Gasteiger partial charge in [0.25, 0.3) is 0 Å². The summed E-state index contributed by atoms with van der Waals surface area (Å²) in [5.41, 5.74) is 4.44. The second-order valence-corrected chi connectivity index (χ2v) is 9.02. The van der Waals surface area contributed by atoms with Crippen molar-refractivity contribution in [2.45, 2.75) is 38.4 Å². The average Bonchev–Trinajstić information content (AvgIpc) is 2.90. The van der Waals surface area contributed by atoms with Crippen molar-refractivity contribution >= 4 is 6.09 Å². The van der Waals surface area contributed by atoms with Crippen LogP contribution in [0.4, 0.5) is 9.18 Å². The highest BCUT2D eigenvalue weighted by Crippen LogP contribution is 2.37. The highest BCUT2D eigenvalue weighted by molar-refractivity contribution is 5.67. The monoisotopic (exact) mass is 476 g/mol. The minimum Gasteiger partial charge on any atom is -0.496 e. The lowest BCUT2D eigenvalue weighted by Crippen LogP contribution is -2.34. The number of halogens is 1. The summed E-state index contributed by atoms with van der Waals surface area (Å²) in [6, 6.07) is 22.8. The second kappa shape index (κ2) is 11.8. The molecule has 1 heterocycles. The lowest BCUT2D eigenvalue weighted by molar-refractivity contribution is 0.117. The van der Waals surface area contributed by atoms with Crippen LogP contribution in [0.1, 0.15) is 41.0 Å². The Morgan fingerprint density at radius 2 is 1.63 bits per heavy atom. The Bertz CT molecular complexity index is 1100. The smallest absolute Gasteiger partial charge is 0.410 e. The maximum atomic E-state index is 13.2. The lowest BCUT2D eigenvalue weighted by atomic mass is 9.85. The Morgan fingerprint density at radius 1 is 0.914 bits per heavy atom. The molecule has 0 N–H and O–H groups in total. The van der Waals surface area contributed by atoms with Gasteiger partial charge in [0.15, 0.2) is 0 Å². The highest BCUT2D eigenvalue weighted by atomic mass is 19.1. The SMILES string of the molecule is COC(=O)N(Cc1ccccc1)Cc1cccc(OC)c1C1CCN(Cc2ccc(F)cc2)CC1. The van der Waals surface area contributed by atoms with Crippen LogP contribution in [0.2, 0.25) is 0 Å². The van der Waals surface area contributed by atoms with Gasteiger partial charge in [0, 0.05) is 25.2 Å². The van der Waals surface area contributed by atoms with Crippen LogP contribution in [0.15, 0.2) is 72.8 Å². The molecule has 0 spiro atoms. The van der Waals surface area contributed by atoms with E-state index in [1.54, 1.807) is 12.0 Å². The molecule has 0 aliphatic carbocycles. The molecule has 1 aliphatic rings. The number of rotatable bonds is 8. The molecule has 4 rings (SSSR count). The summed E-state index contributed by atoms with van der Waals surface area (Å²) in [5.74, 6) is 0.996. The Morgan fingerprint density at radius 3 is 2.29 bits per heavy atom. The Hall–Kier alpha value is -3.38. The van der Waals surface area contributed by atoms with Crippen LogP contribution < -0.4 is 4.74 Å². The summed E-state index contributed by atoms with van der Waals surface area (Å²) in [7, 11) is 3.12. The molecule has 6 heteroatoms. The Labute approximate surface area is 207 Å². The number of amides is 1. The van der Waals surface area contributed by atoms with Crippen LogP contribution >= 0.6 is 0 Å². The molecule has 35 heavy (non-hydrogen) atoms. The van der Waals surface area contributed by atoms with Gasteiger partial charge in [0.1, 0.15) is 11.6 Å². The van der Waals surface area contributed by atoms with E-state index in [1.165, 1.54) is 24.8 Å². The maximum absolute atomic E-state index is 13.2. The first-order valence-corrected chi connectivity index (χ1v) is 12.1. The van der Waals surface area contributed by atoms with Gasteiger partial charge >= 0.3 is 6.09 Å². The van der Waals surface area contributed by atoms with Gasteiger partial charge in [-0.3, -0.25) is 9.80 Å². The van der Waals surface area contributed by atoms with E-state index < -0.39 is 0 Å². The number of benzene rings is 3. The van der Waals surface area contributed by atoms with Crippen molar-refractivity contribution in [2.75, 3.05) is 27.3 Å². The molecule has 0 bridgehead atoms. The van der Waals surface area contributed by atoms with Crippen LogP contribution in [0, 0.1) is 5.82 Å². The summed E-state index contributed by atoms with van der Waals surface area (Å²) < 4.78 is 24.1. The number of hydrogen-bond donors (Lipinski definition) is 0. The van der Waals surface area contributed by atoms with E-state index >= 15 is 0 Å². The summed E-state index contributed by atoms with van der Waals surface area (Å²) >= 11 is 0. The van der Waals surface area contributed by atoms with Crippen LogP contribution in [-0.4, -0.2) is 43.2 Å². The van der Waals surface area contributed by atoms with E-state index in [-0.39, 0.29) is 11.9 Å². The third-order valence-electron chi connectivity index (χ3n) is 6.70. The molecule has 0 aromatic heterocycles. The van der Waals surface area contributed by atoms with Crippen LogP contribution in [0.25, 0.3) is 0 Å². The molecule has 5 nitrogen and oxygen atoms in total. The molecule has 0 saturated carbocycles. The first-order chi connectivity index (χ1) is 17.1. The standard InChI is InChI=1S/C29H33FN2O3/c1-34-27-10-6-9-25(21-32(29(33)35-2)20-22-7-4-3-5-8-22)28(27)24-15-17-31(18-16-24)19-23-11-13-26(30)14-12-23/h3-14,24H,15-21H2,1-2H3. The number of methoxy groups -OCH3 is 2. The largest absolute Gasteiger partial charge is 0.496 e. The van der Waals surface area contributed by atoms with E-state index in [2.05, 4.69) is 11.0 Å². The first kappa shape index (κ1) is 24.7. The predicted molar refractivity (Wildman–Crippen MR) is 135 cm³/mol. The van der Waals surface area contributed by atoms with Gasteiger partial charge < -0.3 is 9.47 Å². The number of carbonyl (C=O) groups is 1. The van der Waals surface area contributed by atoms with Crippen molar-refractivity contribution in [1.29, 1.82) is 0 Å². The van der Waals surface area contributed by atoms with Gasteiger partial charge in [-0.05, 0) is 66.7 Å². The number of carbonyl (C=O) groups excluding carboxylic acids is 1. The van der Waals surface area contributed by atoms with Crippen molar-refractivity contribution in [3.8, 4) is 5.75 Å². The molecular formula is C29H33FN2O3. The predicted octanol–water partition coefficient (Wildman–Crippen LogP) is 5.98. The minimum absolute atomic E-state index is 0.204. The van der Waals surface area contributed by atoms with E-state index in [1.807, 2.05) is 54.6 Å². The maximum Gasteiger partial charge on any atom is 0.410 e. The van der Waals surface area contributed by atoms with Crippen molar-refractivity contribution in [2.24, 2.45) is 0 Å². The summed E-state index contributed by atoms with van der Waals surface area (Å²) in [5, 5.41) is 0. The molecule has 3 aromatic carbocycles. The van der Waals surface area contributed by atoms with Gasteiger partial charge in [0.05, 0.1) is 14.2 Å². The zero-order valence-electron chi connectivity index (χ0n) is 20.5. The molecule has 3 aromatic rings. The summed E-state index contributed by atoms with van der Waals surface area (Å²) in [4.78, 5) is 16.8. The van der Waals surface area contributed by atoms with Crippen LogP contribution in [0.5, 0.6) is 5.75 Å². The second-order valence-electron chi connectivity index (χ2n) is 9.02. The molecule has 0 unspecified atom stereocenters. The topological polar surface area (TPSA) is 42.0 Å². The summed E-state index contributed by atoms with van der Waals surface area (Å²) in [6.07, 6.45) is 1.63. The van der Waals surface area contributed by atoms with Crippen molar-refractivity contribution in [3.05, 3.63) is 101 Å². The van der Waals surface area contributed by atoms with Gasteiger partial charge in [-0.1, -0.05) is 54.6 Å². The number of hydrogen-bond acceptors (Lipinski definition) is 4. The molecule has 1 saturated heterocycles. The number of likely N-dealkylation sites (tertiary alicyclic amines) is 1. The average molecular weight is 477 g/mol. The fraction of sp³-hybridized carbons (Fsp3) is 0.345. The van der Waals surface area contributed by atoms with E-state index in [4.69, 9.17) is 9.47 Å². The van der Waals surface area contributed by atoms with E-state index in [0.717, 1.165) is 54.9 Å². The molecule has 1 aliphatic heterocycles. The quantitative estimate of drug-likeness (QED) is 0.401. The van der Waals surface area contributed by atoms with Gasteiger partial charge in [0.2, 0.25) is 0 Å². The highest BCUT2D eigenvalue weighted by Gasteiger charge is 2.27. The molecule has 184 valence electrons. The zero-order valence-corrected chi connectivity index (χ0v) is 20.5. The Balaban J connectivity index is 1.50. The van der Waals surface area contributed by atoms with Crippen LogP contribution in [0.3, 0.4) is 0 Å². The lowest BCUT2D eigenvalue weighted by Gasteiger charge is -2.34. The molecule has 1 amide bonds. The zero-order chi connectivity index (χ0) is 24.6.